The first-order valence-electron chi connectivity index (χ1n) is 5.68. The fraction of sp³-hybridized carbons (Fsp3) is 0.917. The Labute approximate surface area is 85.7 Å². The molecular weight excluding hydrogens is 176 g/mol. The van der Waals surface area contributed by atoms with Crippen LogP contribution in [0.1, 0.15) is 52.4 Å². The Bertz CT molecular complexity index is 257. The maximum atomic E-state index is 10.9. The second-order valence-electron chi connectivity index (χ2n) is 5.98. The number of carboxylic acids is 1. The number of carbonyl (C=O) groups is 1. The zero-order valence-electron chi connectivity index (χ0n) is 9.18. The summed E-state index contributed by atoms with van der Waals surface area (Å²) in [7, 11) is 0. The molecule has 80 valence electrons. The lowest BCUT2D eigenvalue weighted by Crippen LogP contribution is -2.12. The lowest BCUT2D eigenvalue weighted by Gasteiger charge is -2.21. The van der Waals surface area contributed by atoms with Crippen molar-refractivity contribution in [1.29, 1.82) is 0 Å². The van der Waals surface area contributed by atoms with Crippen molar-refractivity contribution in [1.82, 2.24) is 0 Å². The van der Waals surface area contributed by atoms with Crippen LogP contribution in [-0.2, 0) is 4.79 Å². The van der Waals surface area contributed by atoms with E-state index in [2.05, 4.69) is 13.8 Å². The lowest BCUT2D eigenvalue weighted by molar-refractivity contribution is -0.139. The Morgan fingerprint density at radius 2 is 1.93 bits per heavy atom. The molecule has 0 radical (unpaired) electrons. The minimum absolute atomic E-state index is 0.0172. The highest BCUT2D eigenvalue weighted by Gasteiger charge is 2.58. The van der Waals surface area contributed by atoms with E-state index in [-0.39, 0.29) is 11.3 Å². The van der Waals surface area contributed by atoms with E-state index in [0.29, 0.717) is 5.41 Å². The van der Waals surface area contributed by atoms with Crippen LogP contribution in [0.5, 0.6) is 0 Å². The predicted octanol–water partition coefficient (Wildman–Crippen LogP) is 3.07. The Morgan fingerprint density at radius 3 is 2.50 bits per heavy atom. The molecule has 0 saturated heterocycles. The van der Waals surface area contributed by atoms with Gasteiger partial charge >= 0.3 is 5.97 Å². The Kier molecular flexibility index (Phi) is 2.13. The molecule has 2 nitrogen and oxygen atoms in total. The summed E-state index contributed by atoms with van der Waals surface area (Å²) in [6.45, 7) is 4.62. The molecule has 2 unspecified atom stereocenters. The van der Waals surface area contributed by atoms with Crippen LogP contribution in [0.2, 0.25) is 0 Å². The van der Waals surface area contributed by atoms with Crippen molar-refractivity contribution < 1.29 is 9.90 Å². The zero-order chi connectivity index (χ0) is 10.4. The minimum Gasteiger partial charge on any atom is -0.481 e. The van der Waals surface area contributed by atoms with E-state index < -0.39 is 5.97 Å². The Balaban J connectivity index is 2.01. The van der Waals surface area contributed by atoms with Crippen molar-refractivity contribution in [2.24, 2.45) is 16.7 Å². The molecule has 0 heterocycles. The van der Waals surface area contributed by atoms with Crippen molar-refractivity contribution >= 4 is 5.97 Å². The van der Waals surface area contributed by atoms with Crippen LogP contribution in [0.3, 0.4) is 0 Å². The highest BCUT2D eigenvalue weighted by atomic mass is 16.4. The van der Waals surface area contributed by atoms with Gasteiger partial charge in [0.05, 0.1) is 5.92 Å². The van der Waals surface area contributed by atoms with Gasteiger partial charge in [-0.2, -0.15) is 0 Å². The van der Waals surface area contributed by atoms with Gasteiger partial charge in [-0.05, 0) is 42.9 Å². The van der Waals surface area contributed by atoms with Gasteiger partial charge < -0.3 is 5.11 Å². The molecule has 0 aromatic carbocycles. The second kappa shape index (κ2) is 2.98. The van der Waals surface area contributed by atoms with E-state index in [1.807, 2.05) is 0 Å². The normalized spacial score (nSPS) is 40.6. The molecule has 1 spiro atoms. The van der Waals surface area contributed by atoms with E-state index in [4.69, 9.17) is 5.11 Å². The number of carboxylic acid groups (broad SMARTS) is 1. The molecule has 2 atom stereocenters. The zero-order valence-corrected chi connectivity index (χ0v) is 9.18. The van der Waals surface area contributed by atoms with Gasteiger partial charge in [0.25, 0.3) is 0 Å². The van der Waals surface area contributed by atoms with Gasteiger partial charge in [0.1, 0.15) is 0 Å². The number of rotatable bonds is 1. The SMILES string of the molecule is CC1(C)CCCC2(CC1)CC2C(=O)O. The molecule has 2 aliphatic rings. The van der Waals surface area contributed by atoms with Gasteiger partial charge in [0, 0.05) is 0 Å². The van der Waals surface area contributed by atoms with E-state index in [0.717, 1.165) is 19.3 Å². The van der Waals surface area contributed by atoms with Crippen molar-refractivity contribution in [3.8, 4) is 0 Å². The minimum atomic E-state index is -0.565. The van der Waals surface area contributed by atoms with E-state index in [1.165, 1.54) is 19.3 Å². The van der Waals surface area contributed by atoms with Crippen LogP contribution in [0, 0.1) is 16.7 Å². The third kappa shape index (κ3) is 1.67. The third-order valence-corrected chi connectivity index (χ3v) is 4.32. The summed E-state index contributed by atoms with van der Waals surface area (Å²) >= 11 is 0. The molecule has 14 heavy (non-hydrogen) atoms. The third-order valence-electron chi connectivity index (χ3n) is 4.32. The molecule has 2 aliphatic carbocycles. The fourth-order valence-corrected chi connectivity index (χ4v) is 3.01. The first-order chi connectivity index (χ1) is 6.45. The highest BCUT2D eigenvalue weighted by molar-refractivity contribution is 5.74. The standard InChI is InChI=1S/C12H20O2/c1-11(2)4-3-5-12(7-6-11)8-9(12)10(13)14/h9H,3-8H2,1-2H3,(H,13,14). The molecule has 2 saturated carbocycles. The van der Waals surface area contributed by atoms with Crippen LogP contribution in [0.4, 0.5) is 0 Å². The summed E-state index contributed by atoms with van der Waals surface area (Å²) in [4.78, 5) is 10.9. The number of hydrogen-bond donors (Lipinski definition) is 1. The van der Waals surface area contributed by atoms with Crippen LogP contribution in [-0.4, -0.2) is 11.1 Å². The largest absolute Gasteiger partial charge is 0.481 e. The summed E-state index contributed by atoms with van der Waals surface area (Å²) < 4.78 is 0. The summed E-state index contributed by atoms with van der Waals surface area (Å²) in [5, 5.41) is 8.99. The molecule has 2 fully saturated rings. The summed E-state index contributed by atoms with van der Waals surface area (Å²) in [6.07, 6.45) is 6.91. The van der Waals surface area contributed by atoms with Gasteiger partial charge in [-0.15, -0.1) is 0 Å². The number of hydrogen-bond acceptors (Lipinski definition) is 1. The molecule has 0 amide bonds. The molecule has 1 N–H and O–H groups in total. The summed E-state index contributed by atoms with van der Waals surface area (Å²) in [5.41, 5.74) is 0.648. The molecule has 2 heteroatoms. The van der Waals surface area contributed by atoms with E-state index in [1.54, 1.807) is 0 Å². The van der Waals surface area contributed by atoms with Gasteiger partial charge in [0.15, 0.2) is 0 Å². The van der Waals surface area contributed by atoms with Gasteiger partial charge in [-0.25, -0.2) is 0 Å². The monoisotopic (exact) mass is 196 g/mol. The average Bonchev–Trinajstić information content (AvgIpc) is 2.78. The molecule has 0 aliphatic heterocycles. The van der Waals surface area contributed by atoms with Crippen molar-refractivity contribution in [2.45, 2.75) is 52.4 Å². The molecule has 2 rings (SSSR count). The maximum absolute atomic E-state index is 10.9. The Hall–Kier alpha value is -0.530. The molecular formula is C12H20O2. The topological polar surface area (TPSA) is 37.3 Å². The van der Waals surface area contributed by atoms with Gasteiger partial charge in [-0.1, -0.05) is 20.3 Å². The van der Waals surface area contributed by atoms with Gasteiger partial charge in [-0.3, -0.25) is 4.79 Å². The molecule has 0 bridgehead atoms. The average molecular weight is 196 g/mol. The van der Waals surface area contributed by atoms with Crippen molar-refractivity contribution in [3.63, 3.8) is 0 Å². The quantitative estimate of drug-likeness (QED) is 0.699. The van der Waals surface area contributed by atoms with Crippen LogP contribution >= 0.6 is 0 Å². The van der Waals surface area contributed by atoms with Crippen LogP contribution in [0.25, 0.3) is 0 Å². The maximum Gasteiger partial charge on any atom is 0.307 e. The predicted molar refractivity (Wildman–Crippen MR) is 55.0 cm³/mol. The summed E-state index contributed by atoms with van der Waals surface area (Å²) in [5.74, 6) is -0.582. The fourth-order valence-electron chi connectivity index (χ4n) is 3.01. The first-order valence-corrected chi connectivity index (χ1v) is 5.68. The van der Waals surface area contributed by atoms with Crippen molar-refractivity contribution in [3.05, 3.63) is 0 Å². The van der Waals surface area contributed by atoms with Crippen molar-refractivity contribution in [2.75, 3.05) is 0 Å². The number of aliphatic carboxylic acids is 1. The second-order valence-corrected chi connectivity index (χ2v) is 5.98. The van der Waals surface area contributed by atoms with E-state index >= 15 is 0 Å². The first kappa shape index (κ1) is 10.0. The molecule has 0 aromatic rings. The summed E-state index contributed by atoms with van der Waals surface area (Å²) in [6, 6.07) is 0. The highest BCUT2D eigenvalue weighted by Crippen LogP contribution is 2.62. The van der Waals surface area contributed by atoms with E-state index in [9.17, 15) is 4.79 Å². The smallest absolute Gasteiger partial charge is 0.307 e. The Morgan fingerprint density at radius 1 is 1.21 bits per heavy atom. The van der Waals surface area contributed by atoms with Crippen LogP contribution in [0.15, 0.2) is 0 Å². The lowest BCUT2D eigenvalue weighted by atomic mass is 9.84. The van der Waals surface area contributed by atoms with Crippen LogP contribution < -0.4 is 0 Å². The van der Waals surface area contributed by atoms with Gasteiger partial charge in [0.2, 0.25) is 0 Å². The molecule has 0 aromatic heterocycles.